The number of benzene rings is 1. The van der Waals surface area contributed by atoms with Crippen LogP contribution in [0, 0.1) is 24.2 Å². The molecule has 122 valence electrons. The van der Waals surface area contributed by atoms with Crippen LogP contribution in [0.1, 0.15) is 18.4 Å². The largest absolute Gasteiger partial charge is 0.573 e. The molecule has 0 bridgehead atoms. The molecule has 0 atom stereocenters. The molecular weight excluding hydrogens is 313 g/mol. The van der Waals surface area contributed by atoms with Gasteiger partial charge in [0.1, 0.15) is 17.6 Å². The molecular formula is C15H13F3N2O3. The first-order valence-corrected chi connectivity index (χ1v) is 6.72. The number of aryl methyl sites for hydroxylation is 1. The lowest BCUT2D eigenvalue weighted by Crippen LogP contribution is -2.18. The number of aliphatic hydroxyl groups excluding tert-OH is 1. The normalized spacial score (nSPS) is 15.4. The maximum Gasteiger partial charge on any atom is 0.573 e. The standard InChI is InChI=1S/C15H13F3N2O3/c1-8-6-10(4-5-12(8)23-15(16,17)18)20-14(22)11(7-19)13(21)9-2-3-9/h4-6,9,21H,2-3H2,1H3,(H,20,22)/b13-11-. The predicted molar refractivity (Wildman–Crippen MR) is 74.5 cm³/mol. The summed E-state index contributed by atoms with van der Waals surface area (Å²) < 4.78 is 40.4. The zero-order chi connectivity index (χ0) is 17.2. The SMILES string of the molecule is Cc1cc(NC(=O)/C(C#N)=C(\O)C2CC2)ccc1OC(F)(F)F. The van der Waals surface area contributed by atoms with Crippen molar-refractivity contribution in [1.29, 1.82) is 5.26 Å². The van der Waals surface area contributed by atoms with Gasteiger partial charge in [-0.3, -0.25) is 4.79 Å². The number of ether oxygens (including phenoxy) is 1. The van der Waals surface area contributed by atoms with Gasteiger partial charge in [0, 0.05) is 11.6 Å². The average molecular weight is 326 g/mol. The predicted octanol–water partition coefficient (Wildman–Crippen LogP) is 3.58. The minimum absolute atomic E-state index is 0.161. The van der Waals surface area contributed by atoms with Crippen LogP contribution in [-0.4, -0.2) is 17.4 Å². The number of nitrogens with one attached hydrogen (secondary N) is 1. The summed E-state index contributed by atoms with van der Waals surface area (Å²) in [4.78, 5) is 12.0. The summed E-state index contributed by atoms with van der Waals surface area (Å²) >= 11 is 0. The quantitative estimate of drug-likeness (QED) is 0.503. The van der Waals surface area contributed by atoms with Crippen LogP contribution in [0.4, 0.5) is 18.9 Å². The molecule has 1 aromatic carbocycles. The highest BCUT2D eigenvalue weighted by Crippen LogP contribution is 2.36. The van der Waals surface area contributed by atoms with Crippen LogP contribution in [0.2, 0.25) is 0 Å². The molecule has 0 radical (unpaired) electrons. The van der Waals surface area contributed by atoms with Crippen molar-refractivity contribution in [2.24, 2.45) is 5.92 Å². The molecule has 2 rings (SSSR count). The smallest absolute Gasteiger partial charge is 0.510 e. The number of carbonyl (C=O) groups excluding carboxylic acids is 1. The van der Waals surface area contributed by atoms with Gasteiger partial charge < -0.3 is 15.2 Å². The molecule has 8 heteroatoms. The maximum atomic E-state index is 12.2. The number of anilines is 1. The fraction of sp³-hybridized carbons (Fsp3) is 0.333. The van der Waals surface area contributed by atoms with Gasteiger partial charge in [0.15, 0.2) is 5.57 Å². The topological polar surface area (TPSA) is 82.4 Å². The summed E-state index contributed by atoms with van der Waals surface area (Å²) in [5.41, 5.74) is -0.0341. The molecule has 0 heterocycles. The summed E-state index contributed by atoms with van der Waals surface area (Å²) in [6.45, 7) is 1.39. The maximum absolute atomic E-state index is 12.2. The first-order valence-electron chi connectivity index (χ1n) is 6.72. The summed E-state index contributed by atoms with van der Waals surface area (Å²) in [5.74, 6) is -1.60. The van der Waals surface area contributed by atoms with Gasteiger partial charge in [-0.15, -0.1) is 13.2 Å². The highest BCUT2D eigenvalue weighted by molar-refractivity contribution is 6.07. The number of rotatable bonds is 4. The van der Waals surface area contributed by atoms with Crippen LogP contribution in [0.5, 0.6) is 5.75 Å². The van der Waals surface area contributed by atoms with Gasteiger partial charge in [0.2, 0.25) is 0 Å². The number of aliphatic hydroxyl groups is 1. The van der Waals surface area contributed by atoms with Crippen LogP contribution in [0.15, 0.2) is 29.5 Å². The number of hydrogen-bond donors (Lipinski definition) is 2. The Bertz CT molecular complexity index is 701. The van der Waals surface area contributed by atoms with E-state index in [2.05, 4.69) is 10.1 Å². The van der Waals surface area contributed by atoms with E-state index in [0.29, 0.717) is 12.8 Å². The van der Waals surface area contributed by atoms with Crippen molar-refractivity contribution in [1.82, 2.24) is 0 Å². The van der Waals surface area contributed by atoms with E-state index in [9.17, 15) is 23.1 Å². The average Bonchev–Trinajstić information content (AvgIpc) is 3.25. The number of allylic oxidation sites excluding steroid dienone is 1. The Morgan fingerprint density at radius 3 is 2.57 bits per heavy atom. The zero-order valence-electron chi connectivity index (χ0n) is 12.1. The third kappa shape index (κ3) is 4.39. The molecule has 0 saturated heterocycles. The Labute approximate surface area is 130 Å². The zero-order valence-corrected chi connectivity index (χ0v) is 12.1. The van der Waals surface area contributed by atoms with Crippen LogP contribution < -0.4 is 10.1 Å². The number of carbonyl (C=O) groups is 1. The summed E-state index contributed by atoms with van der Waals surface area (Å²) in [5, 5.41) is 21.1. The van der Waals surface area contributed by atoms with Crippen molar-refractivity contribution in [3.63, 3.8) is 0 Å². The van der Waals surface area contributed by atoms with Crippen molar-refractivity contribution in [3.8, 4) is 11.8 Å². The van der Waals surface area contributed by atoms with E-state index in [4.69, 9.17) is 5.26 Å². The highest BCUT2D eigenvalue weighted by Gasteiger charge is 2.32. The van der Waals surface area contributed by atoms with E-state index in [-0.39, 0.29) is 34.3 Å². The third-order valence-corrected chi connectivity index (χ3v) is 3.22. The lowest BCUT2D eigenvalue weighted by atomic mass is 10.1. The van der Waals surface area contributed by atoms with Gasteiger partial charge in [0.05, 0.1) is 0 Å². The molecule has 1 aliphatic carbocycles. The van der Waals surface area contributed by atoms with E-state index in [1.54, 1.807) is 6.07 Å². The minimum atomic E-state index is -4.80. The van der Waals surface area contributed by atoms with Gasteiger partial charge in [-0.25, -0.2) is 0 Å². The highest BCUT2D eigenvalue weighted by atomic mass is 19.4. The first-order chi connectivity index (χ1) is 10.7. The Kier molecular flexibility index (Phi) is 4.50. The molecule has 0 aliphatic heterocycles. The van der Waals surface area contributed by atoms with E-state index < -0.39 is 12.3 Å². The minimum Gasteiger partial charge on any atom is -0.510 e. The van der Waals surface area contributed by atoms with E-state index in [1.165, 1.54) is 19.1 Å². The summed E-state index contributed by atoms with van der Waals surface area (Å²) in [7, 11) is 0. The molecule has 0 aromatic heterocycles. The number of amides is 1. The molecule has 1 fully saturated rings. The van der Waals surface area contributed by atoms with Crippen LogP contribution >= 0.6 is 0 Å². The van der Waals surface area contributed by atoms with Crippen molar-refractivity contribution >= 4 is 11.6 Å². The molecule has 2 N–H and O–H groups in total. The molecule has 23 heavy (non-hydrogen) atoms. The molecule has 1 amide bonds. The van der Waals surface area contributed by atoms with Crippen molar-refractivity contribution < 1.29 is 27.8 Å². The van der Waals surface area contributed by atoms with E-state index >= 15 is 0 Å². The first kappa shape index (κ1) is 16.7. The Balaban J connectivity index is 2.14. The Morgan fingerprint density at radius 2 is 2.09 bits per heavy atom. The number of nitrogens with zero attached hydrogens (tertiary/aromatic N) is 1. The lowest BCUT2D eigenvalue weighted by molar-refractivity contribution is -0.274. The molecule has 1 saturated carbocycles. The number of alkyl halides is 3. The Hall–Kier alpha value is -2.69. The molecule has 1 aliphatic rings. The van der Waals surface area contributed by atoms with Gasteiger partial charge in [-0.05, 0) is 43.5 Å². The second-order valence-corrected chi connectivity index (χ2v) is 5.13. The second-order valence-electron chi connectivity index (χ2n) is 5.13. The van der Waals surface area contributed by atoms with Crippen LogP contribution in [0.25, 0.3) is 0 Å². The number of nitriles is 1. The van der Waals surface area contributed by atoms with E-state index in [1.807, 2.05) is 0 Å². The van der Waals surface area contributed by atoms with Gasteiger partial charge in [0.25, 0.3) is 5.91 Å². The monoisotopic (exact) mass is 326 g/mol. The van der Waals surface area contributed by atoms with E-state index in [0.717, 1.165) is 6.07 Å². The fourth-order valence-electron chi connectivity index (χ4n) is 1.95. The summed E-state index contributed by atoms with van der Waals surface area (Å²) in [6, 6.07) is 5.21. The van der Waals surface area contributed by atoms with Gasteiger partial charge >= 0.3 is 6.36 Å². The molecule has 0 spiro atoms. The molecule has 0 unspecified atom stereocenters. The van der Waals surface area contributed by atoms with Gasteiger partial charge in [-0.1, -0.05) is 0 Å². The fourth-order valence-corrected chi connectivity index (χ4v) is 1.95. The van der Waals surface area contributed by atoms with Crippen molar-refractivity contribution in [2.75, 3.05) is 5.32 Å². The van der Waals surface area contributed by atoms with Gasteiger partial charge in [-0.2, -0.15) is 5.26 Å². The molecule has 5 nitrogen and oxygen atoms in total. The Morgan fingerprint density at radius 1 is 1.43 bits per heavy atom. The third-order valence-electron chi connectivity index (χ3n) is 3.22. The lowest BCUT2D eigenvalue weighted by Gasteiger charge is -2.13. The van der Waals surface area contributed by atoms with Crippen molar-refractivity contribution in [3.05, 3.63) is 35.1 Å². The second kappa shape index (κ2) is 6.20. The number of hydrogen-bond acceptors (Lipinski definition) is 4. The van der Waals surface area contributed by atoms with Crippen molar-refractivity contribution in [2.45, 2.75) is 26.1 Å². The van der Waals surface area contributed by atoms with Crippen LogP contribution in [-0.2, 0) is 4.79 Å². The summed E-state index contributed by atoms with van der Waals surface area (Å²) in [6.07, 6.45) is -3.37. The number of halogens is 3. The molecule has 1 aromatic rings. The van der Waals surface area contributed by atoms with Crippen LogP contribution in [0.3, 0.4) is 0 Å².